The number of methoxy groups -OCH3 is 1. The van der Waals surface area contributed by atoms with E-state index < -0.39 is 0 Å². The van der Waals surface area contributed by atoms with Crippen LogP contribution in [0.5, 0.6) is 0 Å². The quantitative estimate of drug-likeness (QED) is 0.594. The SMILES string of the molecule is COC(=O)Cc1ccccc1N=CC(C)(C)C. The van der Waals surface area contributed by atoms with Gasteiger partial charge >= 0.3 is 5.97 Å². The van der Waals surface area contributed by atoms with E-state index in [1.165, 1.54) is 7.11 Å². The molecule has 1 rings (SSSR count). The lowest BCUT2D eigenvalue weighted by atomic mass is 9.99. The van der Waals surface area contributed by atoms with Gasteiger partial charge in [-0.1, -0.05) is 39.0 Å². The van der Waals surface area contributed by atoms with Gasteiger partial charge in [0.15, 0.2) is 0 Å². The topological polar surface area (TPSA) is 38.7 Å². The van der Waals surface area contributed by atoms with Gasteiger partial charge in [-0.25, -0.2) is 0 Å². The van der Waals surface area contributed by atoms with Gasteiger partial charge in [0, 0.05) is 6.21 Å². The maximum Gasteiger partial charge on any atom is 0.310 e. The standard InChI is InChI=1S/C14H19NO2/c1-14(2,3)10-15-12-8-6-5-7-11(12)9-13(16)17-4/h5-8,10H,9H2,1-4H3. The van der Waals surface area contributed by atoms with E-state index in [9.17, 15) is 4.79 Å². The molecule has 0 radical (unpaired) electrons. The average Bonchev–Trinajstić information content (AvgIpc) is 2.26. The summed E-state index contributed by atoms with van der Waals surface area (Å²) in [6.07, 6.45) is 2.15. The molecule has 1 aromatic rings. The van der Waals surface area contributed by atoms with Crippen LogP contribution in [0.3, 0.4) is 0 Å². The third kappa shape index (κ3) is 4.81. The highest BCUT2D eigenvalue weighted by Crippen LogP contribution is 2.21. The van der Waals surface area contributed by atoms with Crippen LogP contribution in [0.4, 0.5) is 5.69 Å². The molecule has 0 aliphatic carbocycles. The lowest BCUT2D eigenvalue weighted by Gasteiger charge is -2.11. The second-order valence-electron chi connectivity index (χ2n) is 5.01. The number of esters is 1. The first-order valence-corrected chi connectivity index (χ1v) is 5.62. The zero-order valence-electron chi connectivity index (χ0n) is 10.9. The summed E-state index contributed by atoms with van der Waals surface area (Å²) in [5.74, 6) is -0.247. The van der Waals surface area contributed by atoms with E-state index in [0.29, 0.717) is 0 Å². The fourth-order valence-corrected chi connectivity index (χ4v) is 1.28. The predicted octanol–water partition coefficient (Wildman–Crippen LogP) is 3.15. The van der Waals surface area contributed by atoms with Gasteiger partial charge in [0.1, 0.15) is 0 Å². The van der Waals surface area contributed by atoms with Crippen LogP contribution in [0.25, 0.3) is 0 Å². The van der Waals surface area contributed by atoms with Crippen LogP contribution in [0.1, 0.15) is 26.3 Å². The van der Waals surface area contributed by atoms with Crippen LogP contribution in [-0.2, 0) is 16.0 Å². The van der Waals surface area contributed by atoms with Gasteiger partial charge in [-0.2, -0.15) is 0 Å². The van der Waals surface area contributed by atoms with Crippen molar-refractivity contribution in [2.75, 3.05) is 7.11 Å². The maximum absolute atomic E-state index is 11.3. The molecular formula is C14H19NO2. The van der Waals surface area contributed by atoms with Crippen molar-refractivity contribution < 1.29 is 9.53 Å². The number of hydrogen-bond acceptors (Lipinski definition) is 3. The number of para-hydroxylation sites is 1. The molecule has 0 amide bonds. The smallest absolute Gasteiger partial charge is 0.310 e. The van der Waals surface area contributed by atoms with Gasteiger partial charge in [-0.3, -0.25) is 9.79 Å². The summed E-state index contributed by atoms with van der Waals surface area (Å²) in [5.41, 5.74) is 1.74. The van der Waals surface area contributed by atoms with Crippen molar-refractivity contribution in [2.45, 2.75) is 27.2 Å². The van der Waals surface area contributed by atoms with Gasteiger partial charge in [-0.05, 0) is 17.0 Å². The summed E-state index contributed by atoms with van der Waals surface area (Å²) >= 11 is 0. The molecule has 92 valence electrons. The van der Waals surface area contributed by atoms with Crippen molar-refractivity contribution in [3.8, 4) is 0 Å². The summed E-state index contributed by atoms with van der Waals surface area (Å²) in [5, 5.41) is 0. The molecule has 0 spiro atoms. The number of aliphatic imine (C=N–C) groups is 1. The van der Waals surface area contributed by atoms with Crippen LogP contribution in [-0.4, -0.2) is 19.3 Å². The van der Waals surface area contributed by atoms with E-state index >= 15 is 0 Å². The molecule has 0 aliphatic rings. The van der Waals surface area contributed by atoms with Gasteiger partial charge < -0.3 is 4.74 Å². The Kier molecular flexibility index (Phi) is 4.44. The minimum absolute atomic E-state index is 0.0262. The van der Waals surface area contributed by atoms with Crippen LogP contribution >= 0.6 is 0 Å². The molecule has 17 heavy (non-hydrogen) atoms. The molecule has 0 heterocycles. The van der Waals surface area contributed by atoms with Crippen molar-refractivity contribution in [2.24, 2.45) is 10.4 Å². The molecule has 0 saturated heterocycles. The minimum atomic E-state index is -0.247. The summed E-state index contributed by atoms with van der Waals surface area (Å²) in [4.78, 5) is 15.7. The fourth-order valence-electron chi connectivity index (χ4n) is 1.28. The molecule has 0 bridgehead atoms. The fraction of sp³-hybridized carbons (Fsp3) is 0.429. The van der Waals surface area contributed by atoms with Gasteiger partial charge in [-0.15, -0.1) is 0 Å². The Morgan fingerprint density at radius 3 is 2.59 bits per heavy atom. The zero-order valence-corrected chi connectivity index (χ0v) is 10.9. The Balaban J connectivity index is 2.92. The van der Waals surface area contributed by atoms with Gasteiger partial charge in [0.2, 0.25) is 0 Å². The summed E-state index contributed by atoms with van der Waals surface area (Å²) in [7, 11) is 1.39. The number of hydrogen-bond donors (Lipinski definition) is 0. The second-order valence-corrected chi connectivity index (χ2v) is 5.01. The number of carbonyl (C=O) groups is 1. The van der Waals surface area contributed by atoms with Crippen LogP contribution < -0.4 is 0 Å². The average molecular weight is 233 g/mol. The number of carbonyl (C=O) groups excluding carboxylic acids is 1. The normalized spacial score (nSPS) is 11.8. The van der Waals surface area contributed by atoms with Gasteiger partial charge in [0.25, 0.3) is 0 Å². The van der Waals surface area contributed by atoms with Crippen molar-refractivity contribution in [3.63, 3.8) is 0 Å². The molecule has 0 N–H and O–H groups in total. The molecule has 0 aliphatic heterocycles. The molecule has 1 aromatic carbocycles. The number of rotatable bonds is 3. The highest BCUT2D eigenvalue weighted by atomic mass is 16.5. The highest BCUT2D eigenvalue weighted by molar-refractivity contribution is 5.76. The van der Waals surface area contributed by atoms with E-state index in [1.807, 2.05) is 30.5 Å². The van der Waals surface area contributed by atoms with E-state index in [-0.39, 0.29) is 17.8 Å². The van der Waals surface area contributed by atoms with Crippen LogP contribution in [0.2, 0.25) is 0 Å². The van der Waals surface area contributed by atoms with Crippen molar-refractivity contribution >= 4 is 17.9 Å². The zero-order chi connectivity index (χ0) is 12.9. The van der Waals surface area contributed by atoms with Gasteiger partial charge in [0.05, 0.1) is 19.2 Å². The molecule has 3 nitrogen and oxygen atoms in total. The Morgan fingerprint density at radius 2 is 2.00 bits per heavy atom. The van der Waals surface area contributed by atoms with E-state index in [0.717, 1.165) is 11.3 Å². The van der Waals surface area contributed by atoms with E-state index in [4.69, 9.17) is 0 Å². The molecule has 3 heteroatoms. The first kappa shape index (κ1) is 13.4. The highest BCUT2D eigenvalue weighted by Gasteiger charge is 2.09. The lowest BCUT2D eigenvalue weighted by Crippen LogP contribution is -2.07. The lowest BCUT2D eigenvalue weighted by molar-refractivity contribution is -0.139. The van der Waals surface area contributed by atoms with Crippen LogP contribution in [0.15, 0.2) is 29.3 Å². The molecule has 0 saturated carbocycles. The number of nitrogens with zero attached hydrogens (tertiary/aromatic N) is 1. The van der Waals surface area contributed by atoms with Crippen molar-refractivity contribution in [3.05, 3.63) is 29.8 Å². The van der Waals surface area contributed by atoms with Crippen molar-refractivity contribution in [1.82, 2.24) is 0 Å². The Bertz CT molecular complexity index is 416. The molecular weight excluding hydrogens is 214 g/mol. The third-order valence-electron chi connectivity index (χ3n) is 2.15. The largest absolute Gasteiger partial charge is 0.469 e. The van der Waals surface area contributed by atoms with Crippen LogP contribution in [0, 0.1) is 5.41 Å². The summed E-state index contributed by atoms with van der Waals surface area (Å²) < 4.78 is 4.66. The number of benzene rings is 1. The molecule has 0 atom stereocenters. The molecule has 0 unspecified atom stereocenters. The molecule has 0 aromatic heterocycles. The number of ether oxygens (including phenoxy) is 1. The Hall–Kier alpha value is -1.64. The van der Waals surface area contributed by atoms with Crippen molar-refractivity contribution in [1.29, 1.82) is 0 Å². The van der Waals surface area contributed by atoms with E-state index in [2.05, 4.69) is 30.5 Å². The first-order chi connectivity index (χ1) is 7.92. The Morgan fingerprint density at radius 1 is 1.35 bits per heavy atom. The minimum Gasteiger partial charge on any atom is -0.469 e. The predicted molar refractivity (Wildman–Crippen MR) is 69.8 cm³/mol. The Labute approximate surface area is 103 Å². The molecule has 0 fully saturated rings. The summed E-state index contributed by atoms with van der Waals surface area (Å²) in [6.45, 7) is 6.25. The van der Waals surface area contributed by atoms with E-state index in [1.54, 1.807) is 0 Å². The second kappa shape index (κ2) is 5.62. The maximum atomic E-state index is 11.3. The third-order valence-corrected chi connectivity index (χ3v) is 2.15. The summed E-state index contributed by atoms with van der Waals surface area (Å²) in [6, 6.07) is 7.61. The monoisotopic (exact) mass is 233 g/mol. The first-order valence-electron chi connectivity index (χ1n) is 5.62.